The van der Waals surface area contributed by atoms with E-state index in [1.807, 2.05) is 0 Å². The highest BCUT2D eigenvalue weighted by molar-refractivity contribution is 6.31. The molecule has 1 aromatic carbocycles. The third kappa shape index (κ3) is 1.91. The summed E-state index contributed by atoms with van der Waals surface area (Å²) < 4.78 is 18.8. The van der Waals surface area contributed by atoms with Crippen molar-refractivity contribution in [2.24, 2.45) is 0 Å². The first-order chi connectivity index (χ1) is 8.63. The summed E-state index contributed by atoms with van der Waals surface area (Å²) in [5.41, 5.74) is 0.139. The molecule has 0 atom stereocenters. The van der Waals surface area contributed by atoms with Gasteiger partial charge in [-0.2, -0.15) is 15.0 Å². The summed E-state index contributed by atoms with van der Waals surface area (Å²) in [6.07, 6.45) is 0. The van der Waals surface area contributed by atoms with Gasteiger partial charge in [0.15, 0.2) is 17.2 Å². The summed E-state index contributed by atoms with van der Waals surface area (Å²) in [5.74, 6) is -0.0121. The smallest absolute Gasteiger partial charge is 0.227 e. The largest absolute Gasteiger partial charge is 0.450 e. The van der Waals surface area contributed by atoms with E-state index in [4.69, 9.17) is 27.6 Å². The lowest BCUT2D eigenvalue weighted by Gasteiger charge is -1.96. The Labute approximate surface area is 110 Å². The van der Waals surface area contributed by atoms with Crippen LogP contribution in [-0.4, -0.2) is 15.0 Å². The van der Waals surface area contributed by atoms with Gasteiger partial charge < -0.3 is 4.42 Å². The first-order valence-electron chi connectivity index (χ1n) is 4.89. The third-order valence-corrected chi connectivity index (χ3v) is 2.64. The molecule has 7 heteroatoms. The van der Waals surface area contributed by atoms with Crippen LogP contribution in [0.4, 0.5) is 4.39 Å². The van der Waals surface area contributed by atoms with Gasteiger partial charge in [-0.15, -0.1) is 0 Å². The molecule has 4 nitrogen and oxygen atoms in total. The lowest BCUT2D eigenvalue weighted by Crippen LogP contribution is -1.92. The van der Waals surface area contributed by atoms with Crippen LogP contribution < -0.4 is 0 Å². The van der Waals surface area contributed by atoms with Crippen molar-refractivity contribution in [1.82, 2.24) is 15.0 Å². The Morgan fingerprint density at radius 3 is 2.44 bits per heavy atom. The number of hydrogen-bond acceptors (Lipinski definition) is 4. The summed E-state index contributed by atoms with van der Waals surface area (Å²) in [4.78, 5) is 11.4. The number of para-hydroxylation sites is 1. The lowest BCUT2D eigenvalue weighted by atomic mass is 10.2. The van der Waals surface area contributed by atoms with Gasteiger partial charge in [0.2, 0.25) is 16.4 Å². The number of benzene rings is 1. The molecular weight excluding hydrogens is 280 g/mol. The van der Waals surface area contributed by atoms with Gasteiger partial charge in [0.05, 0.1) is 0 Å². The van der Waals surface area contributed by atoms with Crippen molar-refractivity contribution in [2.45, 2.75) is 0 Å². The molecule has 0 aliphatic carbocycles. The minimum atomic E-state index is -0.454. The second kappa shape index (κ2) is 4.19. The highest BCUT2D eigenvalue weighted by Gasteiger charge is 2.13. The van der Waals surface area contributed by atoms with Crippen LogP contribution in [0, 0.1) is 5.82 Å². The average molecular weight is 284 g/mol. The molecule has 0 bridgehead atoms. The second-order valence-electron chi connectivity index (χ2n) is 3.47. The average Bonchev–Trinajstić information content (AvgIpc) is 2.73. The molecule has 0 spiro atoms. The molecule has 3 rings (SSSR count). The van der Waals surface area contributed by atoms with E-state index >= 15 is 0 Å². The van der Waals surface area contributed by atoms with Crippen molar-refractivity contribution < 1.29 is 8.81 Å². The standard InChI is InChI=1S/C11H4Cl2FN3O/c12-10-15-9(16-11(13)17-10)7-4-5-2-1-3-6(14)8(5)18-7/h1-4H. The van der Waals surface area contributed by atoms with Gasteiger partial charge in [0, 0.05) is 5.39 Å². The molecular formula is C11H4Cl2FN3O. The number of fused-ring (bicyclic) bond motifs is 1. The Morgan fingerprint density at radius 1 is 1.06 bits per heavy atom. The Bertz CT molecular complexity index is 724. The normalized spacial score (nSPS) is 11.1. The topological polar surface area (TPSA) is 51.8 Å². The van der Waals surface area contributed by atoms with Crippen LogP contribution in [-0.2, 0) is 0 Å². The molecule has 90 valence electrons. The van der Waals surface area contributed by atoms with Crippen molar-refractivity contribution in [1.29, 1.82) is 0 Å². The zero-order valence-corrected chi connectivity index (χ0v) is 10.2. The minimum Gasteiger partial charge on any atom is -0.450 e. The molecule has 0 unspecified atom stereocenters. The van der Waals surface area contributed by atoms with Gasteiger partial charge in [-0.1, -0.05) is 12.1 Å². The Balaban J connectivity index is 2.22. The highest BCUT2D eigenvalue weighted by atomic mass is 35.5. The maximum atomic E-state index is 13.5. The first-order valence-corrected chi connectivity index (χ1v) is 5.64. The van der Waals surface area contributed by atoms with Crippen LogP contribution in [0.25, 0.3) is 22.6 Å². The van der Waals surface area contributed by atoms with Gasteiger partial charge in [-0.25, -0.2) is 4.39 Å². The summed E-state index contributed by atoms with van der Waals surface area (Å²) >= 11 is 11.3. The fourth-order valence-electron chi connectivity index (χ4n) is 1.57. The monoisotopic (exact) mass is 283 g/mol. The van der Waals surface area contributed by atoms with Crippen molar-refractivity contribution in [2.75, 3.05) is 0 Å². The molecule has 0 N–H and O–H groups in total. The molecule has 0 fully saturated rings. The lowest BCUT2D eigenvalue weighted by molar-refractivity contribution is 0.566. The number of rotatable bonds is 1. The number of aromatic nitrogens is 3. The number of furan rings is 1. The van der Waals surface area contributed by atoms with Gasteiger partial charge >= 0.3 is 0 Å². The van der Waals surface area contributed by atoms with E-state index in [0.717, 1.165) is 0 Å². The summed E-state index contributed by atoms with van der Waals surface area (Å²) in [5, 5.41) is 0.509. The van der Waals surface area contributed by atoms with E-state index in [-0.39, 0.29) is 27.7 Å². The van der Waals surface area contributed by atoms with E-state index < -0.39 is 5.82 Å². The van der Waals surface area contributed by atoms with E-state index in [2.05, 4.69) is 15.0 Å². The molecule has 18 heavy (non-hydrogen) atoms. The van der Waals surface area contributed by atoms with Crippen LogP contribution in [0.15, 0.2) is 28.7 Å². The quantitative estimate of drug-likeness (QED) is 0.683. The van der Waals surface area contributed by atoms with Crippen molar-refractivity contribution >= 4 is 34.2 Å². The van der Waals surface area contributed by atoms with Crippen LogP contribution in [0.1, 0.15) is 0 Å². The minimum absolute atomic E-state index is 0.0501. The molecule has 3 aromatic rings. The summed E-state index contributed by atoms with van der Waals surface area (Å²) in [6.45, 7) is 0. The molecule has 2 aromatic heterocycles. The predicted octanol–water partition coefficient (Wildman–Crippen LogP) is 3.73. The first kappa shape index (κ1) is 11.4. The Kier molecular flexibility index (Phi) is 2.65. The fraction of sp³-hybridized carbons (Fsp3) is 0. The van der Waals surface area contributed by atoms with E-state index in [1.54, 1.807) is 18.2 Å². The maximum absolute atomic E-state index is 13.5. The maximum Gasteiger partial charge on any atom is 0.227 e. The summed E-state index contributed by atoms with van der Waals surface area (Å²) in [6, 6.07) is 6.23. The molecule has 0 aliphatic heterocycles. The molecule has 0 saturated carbocycles. The summed E-state index contributed by atoms with van der Waals surface area (Å²) in [7, 11) is 0. The fourth-order valence-corrected chi connectivity index (χ4v) is 1.94. The van der Waals surface area contributed by atoms with Crippen LogP contribution in [0.2, 0.25) is 10.6 Å². The number of halogens is 3. The van der Waals surface area contributed by atoms with Gasteiger partial charge in [0.25, 0.3) is 0 Å². The zero-order chi connectivity index (χ0) is 12.7. The molecule has 0 saturated heterocycles. The molecule has 0 radical (unpaired) electrons. The van der Waals surface area contributed by atoms with Crippen molar-refractivity contribution in [3.05, 3.63) is 40.6 Å². The van der Waals surface area contributed by atoms with Crippen LogP contribution >= 0.6 is 23.2 Å². The van der Waals surface area contributed by atoms with Gasteiger partial charge in [-0.3, -0.25) is 0 Å². The second-order valence-corrected chi connectivity index (χ2v) is 4.14. The number of hydrogen-bond donors (Lipinski definition) is 0. The SMILES string of the molecule is Fc1cccc2cc(-c3nc(Cl)nc(Cl)n3)oc12. The van der Waals surface area contributed by atoms with Crippen molar-refractivity contribution in [3.63, 3.8) is 0 Å². The molecule has 2 heterocycles. The van der Waals surface area contributed by atoms with Gasteiger partial charge in [-0.05, 0) is 35.3 Å². The highest BCUT2D eigenvalue weighted by Crippen LogP contribution is 2.28. The molecule has 0 amide bonds. The van der Waals surface area contributed by atoms with Crippen molar-refractivity contribution in [3.8, 4) is 11.6 Å². The molecule has 0 aliphatic rings. The van der Waals surface area contributed by atoms with Crippen LogP contribution in [0.5, 0.6) is 0 Å². The van der Waals surface area contributed by atoms with E-state index in [0.29, 0.717) is 5.39 Å². The number of nitrogens with zero attached hydrogens (tertiary/aromatic N) is 3. The van der Waals surface area contributed by atoms with E-state index in [1.165, 1.54) is 6.07 Å². The third-order valence-electron chi connectivity index (χ3n) is 2.30. The van der Waals surface area contributed by atoms with E-state index in [9.17, 15) is 4.39 Å². The Morgan fingerprint density at radius 2 is 1.78 bits per heavy atom. The Hall–Kier alpha value is -1.72. The van der Waals surface area contributed by atoms with Crippen LogP contribution in [0.3, 0.4) is 0 Å². The predicted molar refractivity (Wildman–Crippen MR) is 65.0 cm³/mol. The van der Waals surface area contributed by atoms with Gasteiger partial charge in [0.1, 0.15) is 0 Å². The zero-order valence-electron chi connectivity index (χ0n) is 8.69.